The standard InChI is InChI=1S/C10H8F3I2NO/c11-10(12,13)9(17)16-4-3-6-1-2-7(14)8(15)5-6/h1-2,5H,3-4H2,(H,16,17). The summed E-state index contributed by atoms with van der Waals surface area (Å²) in [7, 11) is 0. The number of amides is 1. The Balaban J connectivity index is 2.46. The summed E-state index contributed by atoms with van der Waals surface area (Å²) in [6.45, 7) is -0.0188. The maximum Gasteiger partial charge on any atom is 0.471 e. The molecule has 0 aromatic heterocycles. The average molecular weight is 469 g/mol. The van der Waals surface area contributed by atoms with Gasteiger partial charge in [0, 0.05) is 13.7 Å². The van der Waals surface area contributed by atoms with E-state index in [2.05, 4.69) is 45.2 Å². The summed E-state index contributed by atoms with van der Waals surface area (Å²) in [5, 5.41) is 1.84. The molecule has 17 heavy (non-hydrogen) atoms. The van der Waals surface area contributed by atoms with E-state index in [0.29, 0.717) is 6.42 Å². The molecule has 0 aliphatic heterocycles. The number of rotatable bonds is 3. The van der Waals surface area contributed by atoms with Crippen molar-refractivity contribution in [2.24, 2.45) is 0 Å². The summed E-state index contributed by atoms with van der Waals surface area (Å²) in [5.41, 5.74) is 0.900. The second-order valence-corrected chi connectivity index (χ2v) is 5.58. The molecule has 0 bridgehead atoms. The molecule has 0 saturated carbocycles. The SMILES string of the molecule is O=C(NCCc1ccc(I)c(I)c1)C(F)(F)F. The van der Waals surface area contributed by atoms with Crippen LogP contribution in [0.3, 0.4) is 0 Å². The molecule has 94 valence electrons. The minimum atomic E-state index is -4.81. The minimum Gasteiger partial charge on any atom is -0.348 e. The van der Waals surface area contributed by atoms with Crippen molar-refractivity contribution in [1.82, 2.24) is 5.32 Å². The van der Waals surface area contributed by atoms with Crippen molar-refractivity contribution < 1.29 is 18.0 Å². The van der Waals surface area contributed by atoms with E-state index in [1.165, 1.54) is 0 Å². The Labute approximate surface area is 124 Å². The van der Waals surface area contributed by atoms with Crippen molar-refractivity contribution >= 4 is 51.1 Å². The number of halogens is 5. The summed E-state index contributed by atoms with van der Waals surface area (Å²) in [6, 6.07) is 5.62. The Bertz CT molecular complexity index is 421. The molecular weight excluding hydrogens is 461 g/mol. The molecule has 0 spiro atoms. The maximum atomic E-state index is 11.9. The highest BCUT2D eigenvalue weighted by Crippen LogP contribution is 2.17. The second-order valence-electron chi connectivity index (χ2n) is 3.25. The van der Waals surface area contributed by atoms with E-state index in [9.17, 15) is 18.0 Å². The van der Waals surface area contributed by atoms with Gasteiger partial charge in [0.15, 0.2) is 0 Å². The van der Waals surface area contributed by atoms with Gasteiger partial charge in [0.25, 0.3) is 0 Å². The van der Waals surface area contributed by atoms with Crippen LogP contribution in [0.25, 0.3) is 0 Å². The molecule has 0 aliphatic rings. The van der Waals surface area contributed by atoms with Crippen LogP contribution >= 0.6 is 45.2 Å². The molecule has 2 nitrogen and oxygen atoms in total. The van der Waals surface area contributed by atoms with E-state index in [4.69, 9.17) is 0 Å². The predicted molar refractivity (Wildman–Crippen MR) is 74.6 cm³/mol. The smallest absolute Gasteiger partial charge is 0.348 e. The zero-order valence-electron chi connectivity index (χ0n) is 8.44. The highest BCUT2D eigenvalue weighted by atomic mass is 127. The van der Waals surface area contributed by atoms with Crippen LogP contribution in [0.15, 0.2) is 18.2 Å². The monoisotopic (exact) mass is 469 g/mol. The minimum absolute atomic E-state index is 0.0188. The Morgan fingerprint density at radius 3 is 2.41 bits per heavy atom. The van der Waals surface area contributed by atoms with Crippen LogP contribution in [0, 0.1) is 7.14 Å². The van der Waals surface area contributed by atoms with Crippen molar-refractivity contribution in [2.45, 2.75) is 12.6 Å². The number of nitrogens with one attached hydrogen (secondary N) is 1. The van der Waals surface area contributed by atoms with Gasteiger partial charge in [-0.3, -0.25) is 4.79 Å². The van der Waals surface area contributed by atoms with E-state index in [1.54, 1.807) is 0 Å². The highest BCUT2D eigenvalue weighted by Gasteiger charge is 2.38. The van der Waals surface area contributed by atoms with Gasteiger partial charge in [-0.2, -0.15) is 13.2 Å². The van der Waals surface area contributed by atoms with E-state index >= 15 is 0 Å². The second kappa shape index (κ2) is 6.21. The van der Waals surface area contributed by atoms with Crippen LogP contribution in [0.5, 0.6) is 0 Å². The quantitative estimate of drug-likeness (QED) is 0.679. The van der Waals surface area contributed by atoms with Crippen molar-refractivity contribution in [3.05, 3.63) is 30.9 Å². The van der Waals surface area contributed by atoms with Gasteiger partial charge in [0.05, 0.1) is 0 Å². The third-order valence-electron chi connectivity index (χ3n) is 1.94. The van der Waals surface area contributed by atoms with E-state index < -0.39 is 12.1 Å². The van der Waals surface area contributed by atoms with Gasteiger partial charge in [0.2, 0.25) is 0 Å². The highest BCUT2D eigenvalue weighted by molar-refractivity contribution is 14.1. The lowest BCUT2D eigenvalue weighted by Gasteiger charge is -2.08. The average Bonchev–Trinajstić information content (AvgIpc) is 2.22. The van der Waals surface area contributed by atoms with E-state index in [-0.39, 0.29) is 6.54 Å². The lowest BCUT2D eigenvalue weighted by atomic mass is 10.1. The fourth-order valence-corrected chi connectivity index (χ4v) is 2.03. The molecule has 0 heterocycles. The molecule has 1 amide bonds. The third kappa shape index (κ3) is 4.98. The van der Waals surface area contributed by atoms with Crippen LogP contribution in [0.2, 0.25) is 0 Å². The van der Waals surface area contributed by atoms with Crippen LogP contribution in [-0.4, -0.2) is 18.6 Å². The number of hydrogen-bond donors (Lipinski definition) is 1. The van der Waals surface area contributed by atoms with Crippen molar-refractivity contribution in [2.75, 3.05) is 6.54 Å². The Morgan fingerprint density at radius 2 is 1.88 bits per heavy atom. The number of carbonyl (C=O) groups excluding carboxylic acids is 1. The van der Waals surface area contributed by atoms with Gasteiger partial charge >= 0.3 is 12.1 Å². The first kappa shape index (κ1) is 15.0. The fraction of sp³-hybridized carbons (Fsp3) is 0.300. The molecule has 0 radical (unpaired) electrons. The molecule has 1 N–H and O–H groups in total. The number of carbonyl (C=O) groups is 1. The van der Waals surface area contributed by atoms with Crippen LogP contribution < -0.4 is 5.32 Å². The summed E-state index contributed by atoms with van der Waals surface area (Å²) < 4.78 is 37.8. The van der Waals surface area contributed by atoms with Gasteiger partial charge < -0.3 is 5.32 Å². The van der Waals surface area contributed by atoms with Gasteiger partial charge in [0.1, 0.15) is 0 Å². The third-order valence-corrected chi connectivity index (χ3v) is 4.81. The Hall–Kier alpha value is -0.0600. The number of hydrogen-bond acceptors (Lipinski definition) is 1. The van der Waals surface area contributed by atoms with Crippen LogP contribution in [-0.2, 0) is 11.2 Å². The zero-order valence-corrected chi connectivity index (χ0v) is 12.8. The molecule has 0 atom stereocenters. The predicted octanol–water partition coefficient (Wildman–Crippen LogP) is 3.12. The van der Waals surface area contributed by atoms with Gasteiger partial charge in [-0.1, -0.05) is 6.07 Å². The largest absolute Gasteiger partial charge is 0.471 e. The van der Waals surface area contributed by atoms with Gasteiger partial charge in [-0.25, -0.2) is 0 Å². The van der Waals surface area contributed by atoms with E-state index in [0.717, 1.165) is 12.7 Å². The first-order valence-corrected chi connectivity index (χ1v) is 6.75. The summed E-state index contributed by atoms with van der Waals surface area (Å²) in [6.07, 6.45) is -4.42. The molecule has 1 aromatic rings. The first-order chi connectivity index (χ1) is 7.80. The molecular formula is C10H8F3I2NO. The number of alkyl halides is 3. The lowest BCUT2D eigenvalue weighted by molar-refractivity contribution is -0.173. The summed E-state index contributed by atoms with van der Waals surface area (Å²) in [4.78, 5) is 10.5. The normalized spacial score (nSPS) is 11.4. The number of benzene rings is 1. The molecule has 1 rings (SSSR count). The van der Waals surface area contributed by atoms with E-state index in [1.807, 2.05) is 23.5 Å². The van der Waals surface area contributed by atoms with Crippen LogP contribution in [0.1, 0.15) is 5.56 Å². The molecule has 1 aromatic carbocycles. The molecule has 0 saturated heterocycles. The van der Waals surface area contributed by atoms with Gasteiger partial charge in [-0.15, -0.1) is 0 Å². The fourth-order valence-electron chi connectivity index (χ4n) is 1.12. The van der Waals surface area contributed by atoms with Crippen molar-refractivity contribution in [3.8, 4) is 0 Å². The molecule has 0 aliphatic carbocycles. The first-order valence-electron chi connectivity index (χ1n) is 4.59. The topological polar surface area (TPSA) is 29.1 Å². The van der Waals surface area contributed by atoms with Crippen molar-refractivity contribution in [3.63, 3.8) is 0 Å². The molecule has 0 unspecified atom stereocenters. The molecule has 0 fully saturated rings. The van der Waals surface area contributed by atoms with Crippen LogP contribution in [0.4, 0.5) is 13.2 Å². The van der Waals surface area contributed by atoms with Gasteiger partial charge in [-0.05, 0) is 69.3 Å². The Kier molecular flexibility index (Phi) is 5.48. The maximum absolute atomic E-state index is 11.9. The lowest BCUT2D eigenvalue weighted by Crippen LogP contribution is -2.37. The Morgan fingerprint density at radius 1 is 1.24 bits per heavy atom. The molecule has 7 heteroatoms. The summed E-state index contributed by atoms with van der Waals surface area (Å²) in [5.74, 6) is -1.89. The van der Waals surface area contributed by atoms with Crippen molar-refractivity contribution in [1.29, 1.82) is 0 Å². The summed E-state index contributed by atoms with van der Waals surface area (Å²) >= 11 is 4.33. The zero-order chi connectivity index (χ0) is 13.1.